The molecule has 0 aliphatic heterocycles. The lowest BCUT2D eigenvalue weighted by Gasteiger charge is -2.11. The lowest BCUT2D eigenvalue weighted by atomic mass is 10.1. The standard InChI is InChI=1S/C16H13ClFN3O2.C14H14FN3O2/c1-23-16(22)11-5-12(18)15-13(6-11)21(14(7-17)20-15)9-10-3-2-4-19-8-10;1-20-14(19)10-5-11(15)13(16)12(6-10)18-8-9-3-2-4-17-7-9/h2-6,8H,7,9H2,1H3;2-7,18H,8,16H2,1H3. The number of methoxy groups -OCH3 is 2. The number of nitrogens with one attached hydrogen (secondary N) is 1. The minimum atomic E-state index is -0.665. The number of anilines is 2. The van der Waals surface area contributed by atoms with Gasteiger partial charge in [0.25, 0.3) is 0 Å². The van der Waals surface area contributed by atoms with Gasteiger partial charge in [-0.05, 0) is 47.5 Å². The summed E-state index contributed by atoms with van der Waals surface area (Å²) in [6.07, 6.45) is 6.73. The summed E-state index contributed by atoms with van der Waals surface area (Å²) in [4.78, 5) is 35.4. The lowest BCUT2D eigenvalue weighted by Crippen LogP contribution is -2.08. The van der Waals surface area contributed by atoms with E-state index in [-0.39, 0.29) is 28.2 Å². The van der Waals surface area contributed by atoms with Gasteiger partial charge < -0.3 is 25.1 Å². The molecule has 0 aliphatic rings. The van der Waals surface area contributed by atoms with Crippen LogP contribution in [0.4, 0.5) is 20.2 Å². The maximum Gasteiger partial charge on any atom is 0.338 e. The number of carbonyl (C=O) groups excluding carboxylic acids is 2. The molecule has 43 heavy (non-hydrogen) atoms. The van der Waals surface area contributed by atoms with E-state index in [0.717, 1.165) is 23.3 Å². The van der Waals surface area contributed by atoms with Gasteiger partial charge in [-0.3, -0.25) is 9.97 Å². The topological polar surface area (TPSA) is 134 Å². The number of hydrogen-bond donors (Lipinski definition) is 2. The second-order valence-electron chi connectivity index (χ2n) is 9.05. The van der Waals surface area contributed by atoms with Crippen LogP contribution in [0.25, 0.3) is 11.0 Å². The molecular weight excluding hydrogens is 582 g/mol. The summed E-state index contributed by atoms with van der Waals surface area (Å²) >= 11 is 5.94. The van der Waals surface area contributed by atoms with E-state index in [0.29, 0.717) is 30.1 Å². The molecular formula is C30H27ClF2N6O4. The van der Waals surface area contributed by atoms with Crippen LogP contribution in [0.2, 0.25) is 0 Å². The average molecular weight is 609 g/mol. The number of nitrogen functional groups attached to an aromatic ring is 1. The number of aromatic nitrogens is 4. The molecule has 5 aromatic rings. The Morgan fingerprint density at radius 1 is 0.930 bits per heavy atom. The van der Waals surface area contributed by atoms with Crippen LogP contribution < -0.4 is 11.1 Å². The van der Waals surface area contributed by atoms with Crippen LogP contribution in [0, 0.1) is 11.6 Å². The van der Waals surface area contributed by atoms with Gasteiger partial charge >= 0.3 is 11.9 Å². The molecule has 0 saturated carbocycles. The predicted molar refractivity (Wildman–Crippen MR) is 158 cm³/mol. The van der Waals surface area contributed by atoms with Crippen molar-refractivity contribution in [2.75, 3.05) is 25.3 Å². The number of pyridine rings is 2. The number of nitrogens with two attached hydrogens (primary N) is 1. The molecule has 5 rings (SSSR count). The summed E-state index contributed by atoms with van der Waals surface area (Å²) in [5.74, 6) is -1.82. The largest absolute Gasteiger partial charge is 0.465 e. The van der Waals surface area contributed by atoms with Crippen LogP contribution in [0.5, 0.6) is 0 Å². The Balaban J connectivity index is 0.000000199. The second-order valence-corrected chi connectivity index (χ2v) is 9.32. The molecule has 3 heterocycles. The molecule has 0 spiro atoms. The van der Waals surface area contributed by atoms with Gasteiger partial charge in [-0.25, -0.2) is 23.4 Å². The highest BCUT2D eigenvalue weighted by atomic mass is 35.5. The van der Waals surface area contributed by atoms with Crippen LogP contribution in [-0.2, 0) is 28.4 Å². The second kappa shape index (κ2) is 14.2. The third-order valence-corrected chi connectivity index (χ3v) is 6.49. The number of ether oxygens (including phenoxy) is 2. The van der Waals surface area contributed by atoms with Crippen molar-refractivity contribution in [3.8, 4) is 0 Å². The first-order valence-electron chi connectivity index (χ1n) is 12.8. The molecule has 13 heteroatoms. The number of rotatable bonds is 8. The van der Waals surface area contributed by atoms with E-state index in [2.05, 4.69) is 29.7 Å². The number of esters is 2. The fourth-order valence-electron chi connectivity index (χ4n) is 4.12. The van der Waals surface area contributed by atoms with Crippen molar-refractivity contribution in [2.24, 2.45) is 0 Å². The van der Waals surface area contributed by atoms with Gasteiger partial charge in [0.15, 0.2) is 5.82 Å². The number of nitrogens with zero attached hydrogens (tertiary/aromatic N) is 4. The van der Waals surface area contributed by atoms with Gasteiger partial charge in [-0.1, -0.05) is 12.1 Å². The molecule has 0 amide bonds. The maximum atomic E-state index is 14.3. The van der Waals surface area contributed by atoms with Gasteiger partial charge in [-0.15, -0.1) is 11.6 Å². The number of carbonyl (C=O) groups is 2. The van der Waals surface area contributed by atoms with Gasteiger partial charge in [0.05, 0.1) is 54.7 Å². The smallest absolute Gasteiger partial charge is 0.338 e. The van der Waals surface area contributed by atoms with Crippen molar-refractivity contribution in [1.82, 2.24) is 19.5 Å². The summed E-state index contributed by atoms with van der Waals surface area (Å²) in [6, 6.07) is 12.6. The number of alkyl halides is 1. The zero-order valence-electron chi connectivity index (χ0n) is 23.2. The zero-order chi connectivity index (χ0) is 30.9. The van der Waals surface area contributed by atoms with Gasteiger partial charge in [0.1, 0.15) is 17.2 Å². The number of imidazole rings is 1. The molecule has 0 aliphatic carbocycles. The van der Waals surface area contributed by atoms with Crippen LogP contribution in [-0.4, -0.2) is 45.7 Å². The highest BCUT2D eigenvalue weighted by Crippen LogP contribution is 2.26. The fourth-order valence-corrected chi connectivity index (χ4v) is 4.32. The Labute approximate surface area is 250 Å². The third-order valence-electron chi connectivity index (χ3n) is 6.25. The van der Waals surface area contributed by atoms with E-state index in [9.17, 15) is 18.4 Å². The van der Waals surface area contributed by atoms with Gasteiger partial charge in [0, 0.05) is 31.3 Å². The highest BCUT2D eigenvalue weighted by Gasteiger charge is 2.18. The maximum absolute atomic E-state index is 14.3. The third kappa shape index (κ3) is 7.41. The SMILES string of the molecule is COC(=O)c1cc(F)c(N)c(NCc2cccnc2)c1.COC(=O)c1cc(F)c2nc(CCl)n(Cc3cccnc3)c2c1. The molecule has 0 unspecified atom stereocenters. The van der Waals surface area contributed by atoms with Crippen molar-refractivity contribution in [2.45, 2.75) is 19.0 Å². The van der Waals surface area contributed by atoms with Crippen molar-refractivity contribution in [3.05, 3.63) is 113 Å². The highest BCUT2D eigenvalue weighted by molar-refractivity contribution is 6.16. The molecule has 0 bridgehead atoms. The molecule has 0 saturated heterocycles. The molecule has 0 radical (unpaired) electrons. The molecule has 0 fully saturated rings. The van der Waals surface area contributed by atoms with E-state index in [1.165, 1.54) is 20.3 Å². The fraction of sp³-hybridized carbons (Fsp3) is 0.167. The van der Waals surface area contributed by atoms with Crippen molar-refractivity contribution < 1.29 is 27.8 Å². The van der Waals surface area contributed by atoms with E-state index in [1.807, 2.05) is 18.2 Å². The first-order chi connectivity index (χ1) is 20.7. The van der Waals surface area contributed by atoms with Crippen molar-refractivity contribution in [3.63, 3.8) is 0 Å². The monoisotopic (exact) mass is 608 g/mol. The van der Waals surface area contributed by atoms with E-state index < -0.39 is 23.6 Å². The summed E-state index contributed by atoms with van der Waals surface area (Å²) < 4.78 is 38.9. The number of halogens is 3. The first-order valence-corrected chi connectivity index (χ1v) is 13.3. The van der Waals surface area contributed by atoms with Crippen molar-refractivity contribution in [1.29, 1.82) is 0 Å². The average Bonchev–Trinajstić information content (AvgIpc) is 3.39. The van der Waals surface area contributed by atoms with E-state index in [4.69, 9.17) is 17.3 Å². The normalized spacial score (nSPS) is 10.5. The van der Waals surface area contributed by atoms with Crippen LogP contribution in [0.1, 0.15) is 37.7 Å². The van der Waals surface area contributed by atoms with E-state index >= 15 is 0 Å². The van der Waals surface area contributed by atoms with Crippen LogP contribution in [0.3, 0.4) is 0 Å². The van der Waals surface area contributed by atoms with Gasteiger partial charge in [-0.2, -0.15) is 0 Å². The van der Waals surface area contributed by atoms with Gasteiger partial charge in [0.2, 0.25) is 0 Å². The quantitative estimate of drug-likeness (QED) is 0.136. The minimum Gasteiger partial charge on any atom is -0.465 e. The molecule has 222 valence electrons. The summed E-state index contributed by atoms with van der Waals surface area (Å²) in [5.41, 5.74) is 8.69. The Morgan fingerprint density at radius 2 is 1.53 bits per heavy atom. The predicted octanol–water partition coefficient (Wildman–Crippen LogP) is 5.35. The molecule has 2 aromatic carbocycles. The summed E-state index contributed by atoms with van der Waals surface area (Å²) in [5, 5.41) is 2.98. The Bertz CT molecular complexity index is 1740. The number of hydrogen-bond acceptors (Lipinski definition) is 9. The molecule has 3 aromatic heterocycles. The zero-order valence-corrected chi connectivity index (χ0v) is 23.9. The van der Waals surface area contributed by atoms with Crippen LogP contribution in [0.15, 0.2) is 73.3 Å². The lowest BCUT2D eigenvalue weighted by molar-refractivity contribution is 0.0591. The Kier molecular flexibility index (Phi) is 10.2. The molecule has 3 N–H and O–H groups in total. The Hall–Kier alpha value is -5.10. The van der Waals surface area contributed by atoms with E-state index in [1.54, 1.807) is 41.5 Å². The van der Waals surface area contributed by atoms with Crippen molar-refractivity contribution >= 4 is 45.9 Å². The molecule has 10 nitrogen and oxygen atoms in total. The first kappa shape index (κ1) is 30.8. The Morgan fingerprint density at radius 3 is 2.12 bits per heavy atom. The minimum absolute atomic E-state index is 0.0402. The number of fused-ring (bicyclic) bond motifs is 1. The van der Waals surface area contributed by atoms with Crippen LogP contribution >= 0.6 is 11.6 Å². The number of benzene rings is 2. The summed E-state index contributed by atoms with van der Waals surface area (Å²) in [7, 11) is 2.49. The summed E-state index contributed by atoms with van der Waals surface area (Å²) in [6.45, 7) is 0.846. The molecule has 0 atom stereocenters.